The Balaban J connectivity index is 2.34. The molecule has 0 saturated carbocycles. The molecular formula is C12H22N2O2S. The van der Waals surface area contributed by atoms with Crippen molar-refractivity contribution in [2.45, 2.75) is 50.6 Å². The molecule has 1 aromatic heterocycles. The summed E-state index contributed by atoms with van der Waals surface area (Å²) in [4.78, 5) is 3.89. The predicted molar refractivity (Wildman–Crippen MR) is 68.6 cm³/mol. The van der Waals surface area contributed by atoms with Gasteiger partial charge in [-0.3, -0.25) is 0 Å². The molecule has 0 amide bonds. The standard InChI is InChI=1S/C12H22N2O2S/c1-3-4-5-6-7-8-11-17(15,16)12-13-9-10-14(12)2/h9-10H,3-8,11H2,1-2H3. The van der Waals surface area contributed by atoms with Crippen LogP contribution in [0.3, 0.4) is 0 Å². The van der Waals surface area contributed by atoms with E-state index in [2.05, 4.69) is 11.9 Å². The highest BCUT2D eigenvalue weighted by Gasteiger charge is 2.18. The molecule has 17 heavy (non-hydrogen) atoms. The van der Waals surface area contributed by atoms with Gasteiger partial charge in [0, 0.05) is 19.4 Å². The Hall–Kier alpha value is -0.840. The lowest BCUT2D eigenvalue weighted by Gasteiger charge is -2.04. The largest absolute Gasteiger partial charge is 0.325 e. The first-order chi connectivity index (χ1) is 8.08. The minimum Gasteiger partial charge on any atom is -0.325 e. The molecule has 0 radical (unpaired) electrons. The predicted octanol–water partition coefficient (Wildman–Crippen LogP) is 2.55. The number of aryl methyl sites for hydroxylation is 1. The molecule has 1 rings (SSSR count). The van der Waals surface area contributed by atoms with E-state index in [-0.39, 0.29) is 10.9 Å². The van der Waals surface area contributed by atoms with Crippen LogP contribution in [0.4, 0.5) is 0 Å². The zero-order valence-electron chi connectivity index (χ0n) is 10.7. The van der Waals surface area contributed by atoms with Gasteiger partial charge in [0.2, 0.25) is 15.0 Å². The Bertz CT molecular complexity index is 423. The van der Waals surface area contributed by atoms with Gasteiger partial charge in [0.25, 0.3) is 0 Å². The van der Waals surface area contributed by atoms with Crippen molar-refractivity contribution in [3.05, 3.63) is 12.4 Å². The van der Waals surface area contributed by atoms with Gasteiger partial charge in [-0.05, 0) is 6.42 Å². The average molecular weight is 258 g/mol. The van der Waals surface area contributed by atoms with Crippen LogP contribution < -0.4 is 0 Å². The third-order valence-electron chi connectivity index (χ3n) is 2.82. The lowest BCUT2D eigenvalue weighted by atomic mass is 10.1. The monoisotopic (exact) mass is 258 g/mol. The molecule has 98 valence electrons. The van der Waals surface area contributed by atoms with Crippen LogP contribution in [0.1, 0.15) is 45.4 Å². The molecule has 0 N–H and O–H groups in total. The molecule has 5 heteroatoms. The second-order valence-electron chi connectivity index (χ2n) is 4.41. The fourth-order valence-corrected chi connectivity index (χ4v) is 3.30. The topological polar surface area (TPSA) is 52.0 Å². The molecule has 0 aliphatic carbocycles. The number of imidazole rings is 1. The van der Waals surface area contributed by atoms with Crippen molar-refractivity contribution in [2.24, 2.45) is 7.05 Å². The fourth-order valence-electron chi connectivity index (χ4n) is 1.82. The van der Waals surface area contributed by atoms with Crippen LogP contribution in [0.5, 0.6) is 0 Å². The van der Waals surface area contributed by atoms with Gasteiger partial charge >= 0.3 is 0 Å². The molecular weight excluding hydrogens is 236 g/mol. The van der Waals surface area contributed by atoms with Gasteiger partial charge in [0.1, 0.15) is 0 Å². The van der Waals surface area contributed by atoms with E-state index in [0.29, 0.717) is 0 Å². The number of hydrogen-bond donors (Lipinski definition) is 0. The van der Waals surface area contributed by atoms with E-state index in [9.17, 15) is 8.42 Å². The zero-order chi connectivity index (χ0) is 12.7. The molecule has 0 atom stereocenters. The second-order valence-corrected chi connectivity index (χ2v) is 6.41. The smallest absolute Gasteiger partial charge is 0.227 e. The van der Waals surface area contributed by atoms with Gasteiger partial charge in [0.15, 0.2) is 0 Å². The molecule has 0 bridgehead atoms. The van der Waals surface area contributed by atoms with Crippen molar-refractivity contribution in [2.75, 3.05) is 5.75 Å². The Morgan fingerprint density at radius 2 is 1.82 bits per heavy atom. The van der Waals surface area contributed by atoms with Crippen LogP contribution in [0.15, 0.2) is 17.6 Å². The number of sulfone groups is 1. The lowest BCUT2D eigenvalue weighted by molar-refractivity contribution is 0.569. The van der Waals surface area contributed by atoms with Crippen LogP contribution >= 0.6 is 0 Å². The summed E-state index contributed by atoms with van der Waals surface area (Å²) in [7, 11) is -1.48. The quantitative estimate of drug-likeness (QED) is 0.673. The van der Waals surface area contributed by atoms with Crippen molar-refractivity contribution >= 4 is 9.84 Å². The van der Waals surface area contributed by atoms with E-state index in [1.807, 2.05) is 0 Å². The molecule has 0 spiro atoms. The maximum absolute atomic E-state index is 11.9. The van der Waals surface area contributed by atoms with E-state index < -0.39 is 9.84 Å². The van der Waals surface area contributed by atoms with Crippen LogP contribution in [0, 0.1) is 0 Å². The number of aromatic nitrogens is 2. The van der Waals surface area contributed by atoms with Crippen molar-refractivity contribution in [3.63, 3.8) is 0 Å². The van der Waals surface area contributed by atoms with Crippen molar-refractivity contribution in [1.82, 2.24) is 9.55 Å². The van der Waals surface area contributed by atoms with Gasteiger partial charge in [-0.1, -0.05) is 39.0 Å². The summed E-state index contributed by atoms with van der Waals surface area (Å²) < 4.78 is 25.4. The number of rotatable bonds is 8. The third kappa shape index (κ3) is 4.50. The SMILES string of the molecule is CCCCCCCCS(=O)(=O)c1nccn1C. The van der Waals surface area contributed by atoms with Gasteiger partial charge in [-0.15, -0.1) is 0 Å². The highest BCUT2D eigenvalue weighted by Crippen LogP contribution is 2.11. The first-order valence-electron chi connectivity index (χ1n) is 6.28. The Labute approximate surface area is 104 Å². The summed E-state index contributed by atoms with van der Waals surface area (Å²) in [5.74, 6) is 0.212. The van der Waals surface area contributed by atoms with Crippen molar-refractivity contribution in [1.29, 1.82) is 0 Å². The summed E-state index contributed by atoms with van der Waals surface area (Å²) in [5.41, 5.74) is 0. The van der Waals surface area contributed by atoms with E-state index in [0.717, 1.165) is 19.3 Å². The van der Waals surface area contributed by atoms with Crippen LogP contribution in [0.25, 0.3) is 0 Å². The highest BCUT2D eigenvalue weighted by atomic mass is 32.2. The van der Waals surface area contributed by atoms with E-state index in [1.54, 1.807) is 17.8 Å². The summed E-state index contributed by atoms with van der Waals surface area (Å²) in [6.07, 6.45) is 9.70. The number of nitrogens with zero attached hydrogens (tertiary/aromatic N) is 2. The summed E-state index contributed by atoms with van der Waals surface area (Å²) in [6.45, 7) is 2.17. The molecule has 1 aromatic rings. The summed E-state index contributed by atoms with van der Waals surface area (Å²) >= 11 is 0. The van der Waals surface area contributed by atoms with Crippen molar-refractivity contribution in [3.8, 4) is 0 Å². The average Bonchev–Trinajstić information content (AvgIpc) is 2.70. The van der Waals surface area contributed by atoms with E-state index in [1.165, 1.54) is 25.5 Å². The number of unbranched alkanes of at least 4 members (excludes halogenated alkanes) is 5. The Morgan fingerprint density at radius 1 is 1.18 bits per heavy atom. The molecule has 4 nitrogen and oxygen atoms in total. The van der Waals surface area contributed by atoms with E-state index in [4.69, 9.17) is 0 Å². The molecule has 1 heterocycles. The van der Waals surface area contributed by atoms with E-state index >= 15 is 0 Å². The lowest BCUT2D eigenvalue weighted by Crippen LogP contribution is -2.12. The van der Waals surface area contributed by atoms with Gasteiger partial charge in [-0.25, -0.2) is 13.4 Å². The minimum absolute atomic E-state index is 0.186. The van der Waals surface area contributed by atoms with Crippen molar-refractivity contribution < 1.29 is 8.42 Å². The van der Waals surface area contributed by atoms with Gasteiger partial charge in [-0.2, -0.15) is 0 Å². The number of hydrogen-bond acceptors (Lipinski definition) is 3. The molecule has 0 aromatic carbocycles. The first kappa shape index (κ1) is 14.2. The Kier molecular flexibility index (Phi) is 5.68. The molecule has 0 saturated heterocycles. The zero-order valence-corrected chi connectivity index (χ0v) is 11.5. The fraction of sp³-hybridized carbons (Fsp3) is 0.750. The summed E-state index contributed by atoms with van der Waals surface area (Å²) in [5, 5.41) is 0.186. The maximum atomic E-state index is 11.9. The Morgan fingerprint density at radius 3 is 2.41 bits per heavy atom. The molecule has 0 fully saturated rings. The summed E-state index contributed by atoms with van der Waals surface area (Å²) in [6, 6.07) is 0. The third-order valence-corrected chi connectivity index (χ3v) is 4.60. The molecule has 0 aliphatic rings. The van der Waals surface area contributed by atoms with Crippen LogP contribution in [0.2, 0.25) is 0 Å². The maximum Gasteiger partial charge on any atom is 0.227 e. The normalized spacial score (nSPS) is 11.9. The minimum atomic E-state index is -3.19. The molecule has 0 unspecified atom stereocenters. The van der Waals surface area contributed by atoms with Gasteiger partial charge in [0.05, 0.1) is 5.75 Å². The highest BCUT2D eigenvalue weighted by molar-refractivity contribution is 7.91. The van der Waals surface area contributed by atoms with Crippen LogP contribution in [-0.2, 0) is 16.9 Å². The van der Waals surface area contributed by atoms with Crippen LogP contribution in [-0.4, -0.2) is 23.7 Å². The molecule has 0 aliphatic heterocycles. The second kappa shape index (κ2) is 6.79. The first-order valence-corrected chi connectivity index (χ1v) is 7.93. The van der Waals surface area contributed by atoms with Gasteiger partial charge < -0.3 is 4.57 Å².